The molecule has 1 aromatic heterocycles. The molecule has 2 aliphatic rings. The summed E-state index contributed by atoms with van der Waals surface area (Å²) >= 11 is 0. The maximum absolute atomic E-state index is 12.5. The summed E-state index contributed by atoms with van der Waals surface area (Å²) in [5, 5.41) is 2.70. The third kappa shape index (κ3) is 3.46. The van der Waals surface area contributed by atoms with E-state index >= 15 is 0 Å². The molecule has 0 atom stereocenters. The summed E-state index contributed by atoms with van der Waals surface area (Å²) in [6, 6.07) is 14.7. The van der Waals surface area contributed by atoms with E-state index in [1.54, 1.807) is 39.0 Å². The van der Waals surface area contributed by atoms with Crippen molar-refractivity contribution in [2.75, 3.05) is 5.32 Å². The van der Waals surface area contributed by atoms with E-state index in [1.165, 1.54) is 0 Å². The molecule has 0 radical (unpaired) electrons. The van der Waals surface area contributed by atoms with Crippen LogP contribution in [0.25, 0.3) is 33.7 Å². The summed E-state index contributed by atoms with van der Waals surface area (Å²) in [6.07, 6.45) is -0.530. The molecular weight excluding hydrogens is 356 g/mol. The molecule has 0 spiro atoms. The molecule has 4 rings (SSSR count). The van der Waals surface area contributed by atoms with Gasteiger partial charge >= 0.3 is 6.09 Å². The minimum absolute atomic E-state index is 0.202. The second kappa shape index (κ2) is 6.53. The summed E-state index contributed by atoms with van der Waals surface area (Å²) in [7, 11) is 0. The number of anilines is 1. The molecule has 2 heterocycles. The van der Waals surface area contributed by atoms with E-state index in [1.807, 2.05) is 30.3 Å². The highest BCUT2D eigenvalue weighted by molar-refractivity contribution is 5.91. The summed E-state index contributed by atoms with van der Waals surface area (Å²) in [5.41, 5.74) is 3.22. The first-order valence-electron chi connectivity index (χ1n) is 8.91. The Morgan fingerprint density at radius 2 is 1.86 bits per heavy atom. The first kappa shape index (κ1) is 17.8. The fourth-order valence-electron chi connectivity index (χ4n) is 3.04. The maximum Gasteiger partial charge on any atom is 0.412 e. The lowest BCUT2D eigenvalue weighted by atomic mass is 10.1. The Morgan fingerprint density at radius 1 is 1.07 bits per heavy atom. The molecule has 3 N–H and O–H groups in total. The van der Waals surface area contributed by atoms with Gasteiger partial charge in [-0.15, -0.1) is 0 Å². The predicted octanol–water partition coefficient (Wildman–Crippen LogP) is 4.37. The first-order valence-corrected chi connectivity index (χ1v) is 8.91. The van der Waals surface area contributed by atoms with Crippen molar-refractivity contribution in [1.29, 1.82) is 0 Å². The lowest BCUT2D eigenvalue weighted by Crippen LogP contribution is -2.27. The minimum Gasteiger partial charge on any atom is -0.444 e. The molecule has 0 unspecified atom stereocenters. The number of hydrogen-bond acceptors (Lipinski definition) is 4. The van der Waals surface area contributed by atoms with Crippen LogP contribution in [0.1, 0.15) is 20.8 Å². The molecule has 0 bridgehead atoms. The van der Waals surface area contributed by atoms with Crippen LogP contribution in [-0.4, -0.2) is 26.6 Å². The summed E-state index contributed by atoms with van der Waals surface area (Å²) in [5.74, 6) is 0.479. The SMILES string of the molecule is CC(C)(C)OC(=O)Nc1ccc2nc(-c3c4cccccc-4[nH]c3=O)[nH]c2c1. The van der Waals surface area contributed by atoms with Crippen molar-refractivity contribution in [3.05, 3.63) is 58.9 Å². The Bertz CT molecular complexity index is 1200. The lowest BCUT2D eigenvalue weighted by Gasteiger charge is -2.19. The van der Waals surface area contributed by atoms with Gasteiger partial charge in [0.1, 0.15) is 11.4 Å². The van der Waals surface area contributed by atoms with E-state index < -0.39 is 11.7 Å². The number of aromatic amines is 2. The van der Waals surface area contributed by atoms with Crippen molar-refractivity contribution < 1.29 is 9.53 Å². The molecule has 1 aliphatic carbocycles. The third-order valence-corrected chi connectivity index (χ3v) is 4.15. The Hall–Kier alpha value is -3.61. The van der Waals surface area contributed by atoms with E-state index in [-0.39, 0.29) is 5.56 Å². The van der Waals surface area contributed by atoms with Gasteiger partial charge in [0, 0.05) is 16.9 Å². The molecule has 0 saturated carbocycles. The molecule has 7 heteroatoms. The average molecular weight is 376 g/mol. The van der Waals surface area contributed by atoms with Crippen LogP contribution in [0.4, 0.5) is 10.5 Å². The highest BCUT2D eigenvalue weighted by Gasteiger charge is 2.19. The summed E-state index contributed by atoms with van der Waals surface area (Å²) in [6.45, 7) is 5.41. The second-order valence-corrected chi connectivity index (χ2v) is 7.51. The van der Waals surface area contributed by atoms with Gasteiger partial charge in [0.2, 0.25) is 0 Å². The first-order chi connectivity index (χ1) is 13.3. The van der Waals surface area contributed by atoms with Gasteiger partial charge < -0.3 is 14.7 Å². The van der Waals surface area contributed by atoms with Gasteiger partial charge in [-0.1, -0.05) is 24.3 Å². The molecule has 1 amide bonds. The predicted molar refractivity (Wildman–Crippen MR) is 109 cm³/mol. The number of hydrogen-bond donors (Lipinski definition) is 3. The third-order valence-electron chi connectivity index (χ3n) is 4.15. The van der Waals surface area contributed by atoms with E-state index in [4.69, 9.17) is 4.74 Å². The molecule has 1 aromatic carbocycles. The number of nitrogens with zero attached hydrogens (tertiary/aromatic N) is 1. The molecule has 142 valence electrons. The normalized spacial score (nSPS) is 11.7. The minimum atomic E-state index is -0.578. The zero-order valence-electron chi connectivity index (χ0n) is 15.8. The van der Waals surface area contributed by atoms with E-state index in [0.29, 0.717) is 28.1 Å². The van der Waals surface area contributed by atoms with Gasteiger partial charge in [-0.3, -0.25) is 10.1 Å². The Labute approximate surface area is 161 Å². The van der Waals surface area contributed by atoms with Crippen LogP contribution in [0.3, 0.4) is 0 Å². The number of amides is 1. The highest BCUT2D eigenvalue weighted by Crippen LogP contribution is 2.29. The van der Waals surface area contributed by atoms with Gasteiger partial charge in [0.25, 0.3) is 5.56 Å². The van der Waals surface area contributed by atoms with Crippen LogP contribution in [0.2, 0.25) is 0 Å². The number of H-pyrrole nitrogens is 2. The summed E-state index contributed by atoms with van der Waals surface area (Å²) in [4.78, 5) is 35.0. The molecular formula is C21H20N4O3. The van der Waals surface area contributed by atoms with Gasteiger partial charge in [0.15, 0.2) is 0 Å². The molecule has 0 saturated heterocycles. The molecule has 28 heavy (non-hydrogen) atoms. The zero-order valence-corrected chi connectivity index (χ0v) is 15.8. The average Bonchev–Trinajstić information content (AvgIpc) is 3.04. The van der Waals surface area contributed by atoms with E-state index in [0.717, 1.165) is 11.3 Å². The smallest absolute Gasteiger partial charge is 0.412 e. The van der Waals surface area contributed by atoms with Gasteiger partial charge in [-0.05, 0) is 45.0 Å². The fourth-order valence-corrected chi connectivity index (χ4v) is 3.04. The van der Waals surface area contributed by atoms with Gasteiger partial charge in [-0.25, -0.2) is 9.78 Å². The van der Waals surface area contributed by atoms with Crippen molar-refractivity contribution >= 4 is 22.8 Å². The van der Waals surface area contributed by atoms with Crippen LogP contribution in [0, 0.1) is 0 Å². The van der Waals surface area contributed by atoms with Crippen LogP contribution in [0.5, 0.6) is 0 Å². The van der Waals surface area contributed by atoms with E-state index in [9.17, 15) is 9.59 Å². The summed E-state index contributed by atoms with van der Waals surface area (Å²) < 4.78 is 5.27. The van der Waals surface area contributed by atoms with Crippen LogP contribution < -0.4 is 10.9 Å². The number of aromatic nitrogens is 3. The molecule has 2 aromatic rings. The number of carbonyl (C=O) groups is 1. The van der Waals surface area contributed by atoms with Crippen molar-refractivity contribution in [2.24, 2.45) is 0 Å². The van der Waals surface area contributed by atoms with Crippen molar-refractivity contribution in [3.8, 4) is 22.6 Å². The van der Waals surface area contributed by atoms with Crippen molar-refractivity contribution in [2.45, 2.75) is 26.4 Å². The van der Waals surface area contributed by atoms with Crippen LogP contribution in [-0.2, 0) is 4.74 Å². The monoisotopic (exact) mass is 376 g/mol. The number of imidazole rings is 1. The zero-order chi connectivity index (χ0) is 19.9. The number of nitrogens with one attached hydrogen (secondary N) is 3. The standard InChI is InChI=1S/C21H20N4O3/c1-21(2,3)28-20(27)22-12-9-10-15-16(11-12)24-18(23-15)17-13-7-5-4-6-8-14(13)25-19(17)26/h4-11H,1-3H3,(H,22,27)(H,23,24)(H,25,26). The van der Waals surface area contributed by atoms with E-state index in [2.05, 4.69) is 20.3 Å². The number of fused-ring (bicyclic) bond motifs is 2. The number of rotatable bonds is 2. The van der Waals surface area contributed by atoms with Crippen molar-refractivity contribution in [1.82, 2.24) is 15.0 Å². The Kier molecular flexibility index (Phi) is 4.15. The largest absolute Gasteiger partial charge is 0.444 e. The topological polar surface area (TPSA) is 99.9 Å². The van der Waals surface area contributed by atoms with Crippen LogP contribution in [0.15, 0.2) is 53.3 Å². The quantitative estimate of drug-likeness (QED) is 0.484. The molecule has 7 nitrogen and oxygen atoms in total. The van der Waals surface area contributed by atoms with Gasteiger partial charge in [0.05, 0.1) is 16.6 Å². The van der Waals surface area contributed by atoms with Crippen LogP contribution >= 0.6 is 0 Å². The van der Waals surface area contributed by atoms with Crippen molar-refractivity contribution in [3.63, 3.8) is 0 Å². The highest BCUT2D eigenvalue weighted by atomic mass is 16.6. The lowest BCUT2D eigenvalue weighted by molar-refractivity contribution is 0.0636. The fraction of sp³-hybridized carbons (Fsp3) is 0.190. The molecule has 0 fully saturated rings. The number of benzene rings is 1. The van der Waals surface area contributed by atoms with Gasteiger partial charge in [-0.2, -0.15) is 0 Å². The molecule has 1 aliphatic heterocycles. The maximum atomic E-state index is 12.5. The Morgan fingerprint density at radius 3 is 2.64 bits per heavy atom. The second-order valence-electron chi connectivity index (χ2n) is 7.51. The number of carbonyl (C=O) groups excluding carboxylic acids is 1. The Balaban J connectivity index is 1.70. The number of ether oxygens (including phenoxy) is 1.